The third kappa shape index (κ3) is 4.12. The molecule has 0 aromatic heterocycles. The number of amides is 1. The van der Waals surface area contributed by atoms with Crippen molar-refractivity contribution in [3.05, 3.63) is 39.4 Å². The molecular formula is C18H26ClN3O3. The maximum atomic E-state index is 12.6. The van der Waals surface area contributed by atoms with Crippen LogP contribution in [-0.2, 0) is 6.42 Å². The van der Waals surface area contributed by atoms with Gasteiger partial charge in [0.2, 0.25) is 0 Å². The minimum Gasteiger partial charge on any atom is -0.349 e. The van der Waals surface area contributed by atoms with E-state index >= 15 is 0 Å². The van der Waals surface area contributed by atoms with Gasteiger partial charge in [0.1, 0.15) is 0 Å². The van der Waals surface area contributed by atoms with E-state index in [-0.39, 0.29) is 36.1 Å². The number of nitro benzene ring substituents is 1. The average Bonchev–Trinajstić information content (AvgIpc) is 2.54. The standard InChI is InChI=1S/C18H25N3O3.ClH/c1-2-11-6-7-14(10-16(11)21(23)24)18(22)20-17-12-4-3-5-13(17)9-15(19)8-12;/h6-7,10,12-13,15,17H,2-5,8-9,19H2,1H3,(H,20,22);1H. The summed E-state index contributed by atoms with van der Waals surface area (Å²) < 4.78 is 0. The van der Waals surface area contributed by atoms with E-state index in [1.807, 2.05) is 6.92 Å². The van der Waals surface area contributed by atoms with Crippen molar-refractivity contribution in [2.75, 3.05) is 0 Å². The van der Waals surface area contributed by atoms with Crippen LogP contribution in [0.3, 0.4) is 0 Å². The summed E-state index contributed by atoms with van der Waals surface area (Å²) in [6.45, 7) is 1.87. The highest BCUT2D eigenvalue weighted by molar-refractivity contribution is 5.95. The van der Waals surface area contributed by atoms with Gasteiger partial charge in [-0.15, -0.1) is 12.4 Å². The fourth-order valence-corrected chi connectivity index (χ4v) is 4.43. The van der Waals surface area contributed by atoms with Gasteiger partial charge < -0.3 is 11.1 Å². The van der Waals surface area contributed by atoms with Gasteiger partial charge >= 0.3 is 0 Å². The van der Waals surface area contributed by atoms with Crippen molar-refractivity contribution in [1.29, 1.82) is 0 Å². The molecule has 138 valence electrons. The molecule has 2 aliphatic carbocycles. The predicted molar refractivity (Wildman–Crippen MR) is 99.0 cm³/mol. The number of halogens is 1. The van der Waals surface area contributed by atoms with Crippen LogP contribution in [0.1, 0.15) is 54.9 Å². The zero-order valence-electron chi connectivity index (χ0n) is 14.4. The summed E-state index contributed by atoms with van der Waals surface area (Å²) in [7, 11) is 0. The first-order valence-electron chi connectivity index (χ1n) is 8.83. The van der Waals surface area contributed by atoms with Gasteiger partial charge in [0.25, 0.3) is 11.6 Å². The average molecular weight is 368 g/mol. The SMILES string of the molecule is CCc1ccc(C(=O)NC2C3CCCC2CC(N)C3)cc1[N+](=O)[O-].Cl. The van der Waals surface area contributed by atoms with E-state index in [0.717, 1.165) is 25.7 Å². The molecule has 2 bridgehead atoms. The molecule has 0 spiro atoms. The minimum atomic E-state index is -0.413. The quantitative estimate of drug-likeness (QED) is 0.630. The van der Waals surface area contributed by atoms with E-state index in [0.29, 0.717) is 29.4 Å². The van der Waals surface area contributed by atoms with Crippen LogP contribution in [0.15, 0.2) is 18.2 Å². The summed E-state index contributed by atoms with van der Waals surface area (Å²) >= 11 is 0. The van der Waals surface area contributed by atoms with E-state index in [4.69, 9.17) is 5.73 Å². The molecule has 3 N–H and O–H groups in total. The molecule has 1 aromatic rings. The molecular weight excluding hydrogens is 342 g/mol. The molecule has 2 atom stereocenters. The summed E-state index contributed by atoms with van der Waals surface area (Å²) in [6.07, 6.45) is 5.88. The molecule has 0 aliphatic heterocycles. The third-order valence-electron chi connectivity index (χ3n) is 5.60. The molecule has 7 heteroatoms. The van der Waals surface area contributed by atoms with Gasteiger partial charge in [-0.25, -0.2) is 0 Å². The van der Waals surface area contributed by atoms with Crippen LogP contribution in [0, 0.1) is 22.0 Å². The van der Waals surface area contributed by atoms with Crippen molar-refractivity contribution in [2.45, 2.75) is 57.5 Å². The van der Waals surface area contributed by atoms with E-state index in [1.165, 1.54) is 12.5 Å². The summed E-state index contributed by atoms with van der Waals surface area (Å²) in [5, 5.41) is 14.3. The Bertz CT molecular complexity index is 638. The van der Waals surface area contributed by atoms with Gasteiger partial charge in [0, 0.05) is 29.3 Å². The number of carbonyl (C=O) groups excluding carboxylic acids is 1. The van der Waals surface area contributed by atoms with Crippen LogP contribution in [-0.4, -0.2) is 22.9 Å². The highest BCUT2D eigenvalue weighted by atomic mass is 35.5. The summed E-state index contributed by atoms with van der Waals surface area (Å²) in [5.41, 5.74) is 7.17. The number of hydrogen-bond acceptors (Lipinski definition) is 4. The predicted octanol–water partition coefficient (Wildman–Crippen LogP) is 3.21. The van der Waals surface area contributed by atoms with Gasteiger partial charge in [-0.05, 0) is 50.0 Å². The number of rotatable bonds is 4. The van der Waals surface area contributed by atoms with Gasteiger partial charge in [0.15, 0.2) is 0 Å². The van der Waals surface area contributed by atoms with Crippen molar-refractivity contribution in [3.63, 3.8) is 0 Å². The summed E-state index contributed by atoms with van der Waals surface area (Å²) in [5.74, 6) is 0.654. The lowest BCUT2D eigenvalue weighted by atomic mass is 9.67. The molecule has 0 saturated heterocycles. The van der Waals surface area contributed by atoms with E-state index in [9.17, 15) is 14.9 Å². The normalized spacial score (nSPS) is 27.9. The first kappa shape index (κ1) is 19.7. The lowest BCUT2D eigenvalue weighted by Gasteiger charge is -2.45. The third-order valence-corrected chi connectivity index (χ3v) is 5.60. The van der Waals surface area contributed by atoms with Crippen molar-refractivity contribution >= 4 is 24.0 Å². The summed E-state index contributed by atoms with van der Waals surface area (Å²) in [4.78, 5) is 23.4. The number of hydrogen-bond donors (Lipinski definition) is 2. The minimum absolute atomic E-state index is 0. The van der Waals surface area contributed by atoms with Crippen molar-refractivity contribution in [2.24, 2.45) is 17.6 Å². The van der Waals surface area contributed by atoms with Crippen LogP contribution in [0.2, 0.25) is 0 Å². The van der Waals surface area contributed by atoms with Gasteiger partial charge in [0.05, 0.1) is 4.92 Å². The Labute approximate surface area is 154 Å². The zero-order chi connectivity index (χ0) is 17.3. The maximum Gasteiger partial charge on any atom is 0.273 e. The van der Waals surface area contributed by atoms with E-state index in [1.54, 1.807) is 12.1 Å². The molecule has 2 fully saturated rings. The van der Waals surface area contributed by atoms with E-state index < -0.39 is 4.92 Å². The van der Waals surface area contributed by atoms with Gasteiger partial charge in [-0.3, -0.25) is 14.9 Å². The lowest BCUT2D eigenvalue weighted by Crippen LogP contribution is -2.53. The number of aryl methyl sites for hydroxylation is 1. The molecule has 1 aromatic carbocycles. The number of nitro groups is 1. The maximum absolute atomic E-state index is 12.6. The topological polar surface area (TPSA) is 98.3 Å². The highest BCUT2D eigenvalue weighted by Crippen LogP contribution is 2.39. The number of carbonyl (C=O) groups is 1. The Hall–Kier alpha value is -1.66. The monoisotopic (exact) mass is 367 g/mol. The van der Waals surface area contributed by atoms with Gasteiger partial charge in [-0.1, -0.05) is 19.4 Å². The zero-order valence-corrected chi connectivity index (χ0v) is 15.3. The molecule has 1 amide bonds. The highest BCUT2D eigenvalue weighted by Gasteiger charge is 2.40. The van der Waals surface area contributed by atoms with Crippen molar-refractivity contribution in [3.8, 4) is 0 Å². The molecule has 0 radical (unpaired) electrons. The van der Waals surface area contributed by atoms with Crippen LogP contribution >= 0.6 is 12.4 Å². The molecule has 6 nitrogen and oxygen atoms in total. The van der Waals surface area contributed by atoms with Crippen LogP contribution in [0.5, 0.6) is 0 Å². The number of benzene rings is 1. The molecule has 2 aliphatic rings. The molecule has 3 rings (SSSR count). The number of fused-ring (bicyclic) bond motifs is 2. The molecule has 0 heterocycles. The van der Waals surface area contributed by atoms with Crippen LogP contribution < -0.4 is 11.1 Å². The van der Waals surface area contributed by atoms with E-state index in [2.05, 4.69) is 5.32 Å². The number of nitrogens with two attached hydrogens (primary N) is 1. The second-order valence-electron chi connectivity index (χ2n) is 7.14. The Kier molecular flexibility index (Phi) is 6.41. The lowest BCUT2D eigenvalue weighted by molar-refractivity contribution is -0.385. The molecule has 2 unspecified atom stereocenters. The molecule has 25 heavy (non-hydrogen) atoms. The Morgan fingerprint density at radius 3 is 2.52 bits per heavy atom. The van der Waals surface area contributed by atoms with Crippen molar-refractivity contribution in [1.82, 2.24) is 5.32 Å². The summed E-state index contributed by atoms with van der Waals surface area (Å²) in [6, 6.07) is 5.16. The van der Waals surface area contributed by atoms with Crippen molar-refractivity contribution < 1.29 is 9.72 Å². The Balaban J connectivity index is 0.00000225. The second kappa shape index (κ2) is 8.15. The van der Waals surface area contributed by atoms with Crippen LogP contribution in [0.4, 0.5) is 5.69 Å². The Morgan fingerprint density at radius 2 is 1.96 bits per heavy atom. The first-order chi connectivity index (χ1) is 11.5. The van der Waals surface area contributed by atoms with Gasteiger partial charge in [-0.2, -0.15) is 0 Å². The largest absolute Gasteiger partial charge is 0.349 e. The number of nitrogens with one attached hydrogen (secondary N) is 1. The fraction of sp³-hybridized carbons (Fsp3) is 0.611. The second-order valence-corrected chi connectivity index (χ2v) is 7.14. The Morgan fingerprint density at radius 1 is 1.32 bits per heavy atom. The van der Waals surface area contributed by atoms with Crippen LogP contribution in [0.25, 0.3) is 0 Å². The smallest absolute Gasteiger partial charge is 0.273 e. The molecule has 2 saturated carbocycles. The fourth-order valence-electron chi connectivity index (χ4n) is 4.43. The first-order valence-corrected chi connectivity index (χ1v) is 8.83. The number of nitrogens with zero attached hydrogens (tertiary/aromatic N) is 1.